The van der Waals surface area contributed by atoms with Gasteiger partial charge in [-0.3, -0.25) is 4.79 Å². The molecule has 1 heterocycles. The first-order valence-corrected chi connectivity index (χ1v) is 12.0. The number of benzene rings is 1. The summed E-state index contributed by atoms with van der Waals surface area (Å²) >= 11 is 4.46. The van der Waals surface area contributed by atoms with Crippen molar-refractivity contribution < 1.29 is 23.5 Å². The molecule has 2 aromatic rings. The maximum absolute atomic E-state index is 12.9. The second-order valence-electron chi connectivity index (χ2n) is 9.57. The number of rotatable bonds is 6. The predicted molar refractivity (Wildman–Crippen MR) is 128 cm³/mol. The van der Waals surface area contributed by atoms with Gasteiger partial charge in [-0.1, -0.05) is 0 Å². The smallest absolute Gasteiger partial charge is 0.341 e. The molecule has 4 fully saturated rings. The van der Waals surface area contributed by atoms with Gasteiger partial charge in [0.05, 0.1) is 19.1 Å². The van der Waals surface area contributed by atoms with Crippen LogP contribution in [0.15, 0.2) is 39.7 Å². The number of methoxy groups -OCH3 is 2. The number of hydrogen-bond donors (Lipinski definition) is 2. The molecule has 4 aliphatic rings. The fourth-order valence-electron chi connectivity index (χ4n) is 6.30. The van der Waals surface area contributed by atoms with E-state index in [1.807, 2.05) is 0 Å². The normalized spacial score (nSPS) is 28.0. The van der Waals surface area contributed by atoms with Crippen LogP contribution in [0, 0.1) is 23.7 Å². The fraction of sp³-hybridized carbons (Fsp3) is 0.462. The number of amides is 1. The summed E-state index contributed by atoms with van der Waals surface area (Å²) in [5.74, 6) is 3.84. The molecule has 0 atom stereocenters. The lowest BCUT2D eigenvalue weighted by molar-refractivity contribution is -0.120. The van der Waals surface area contributed by atoms with Crippen LogP contribution in [-0.4, -0.2) is 32.1 Å². The van der Waals surface area contributed by atoms with E-state index in [1.165, 1.54) is 46.3 Å². The van der Waals surface area contributed by atoms with Crippen molar-refractivity contribution in [1.29, 1.82) is 0 Å². The number of furan rings is 1. The van der Waals surface area contributed by atoms with Crippen LogP contribution in [0.25, 0.3) is 17.4 Å². The average Bonchev–Trinajstić information content (AvgIpc) is 3.28. The number of nitrogens with one attached hydrogen (secondary N) is 1. The molecule has 0 saturated heterocycles. The molecule has 1 N–H and O–H groups in total. The predicted octanol–water partition coefficient (Wildman–Crippen LogP) is 4.95. The first-order chi connectivity index (χ1) is 15.9. The number of hydrogen-bond acceptors (Lipinski definition) is 6. The molecule has 0 aliphatic heterocycles. The van der Waals surface area contributed by atoms with Crippen LogP contribution in [0.2, 0.25) is 0 Å². The Bertz CT molecular complexity index is 1080. The van der Waals surface area contributed by atoms with E-state index in [0.29, 0.717) is 45.1 Å². The van der Waals surface area contributed by atoms with Crippen LogP contribution in [0.4, 0.5) is 0 Å². The van der Waals surface area contributed by atoms with Gasteiger partial charge in [0.25, 0.3) is 5.91 Å². The number of carbonyl (C=O) groups excluding carboxylic acids is 2. The van der Waals surface area contributed by atoms with E-state index in [1.54, 1.807) is 36.4 Å². The SMILES string of the molecule is COC(=O)c1cc(-c2ccc(/C=C(\S)C(=O)NC3C4CC5CC(C4)CC3C5)o2)ccc1OC. The summed E-state index contributed by atoms with van der Waals surface area (Å²) in [7, 11) is 2.83. The third-order valence-electron chi connectivity index (χ3n) is 7.55. The van der Waals surface area contributed by atoms with Crippen LogP contribution < -0.4 is 10.1 Å². The molecule has 6 nitrogen and oxygen atoms in total. The monoisotopic (exact) mass is 467 g/mol. The summed E-state index contributed by atoms with van der Waals surface area (Å²) < 4.78 is 16.0. The van der Waals surface area contributed by atoms with Gasteiger partial charge >= 0.3 is 5.97 Å². The number of ether oxygens (including phenoxy) is 2. The van der Waals surface area contributed by atoms with Gasteiger partial charge in [-0.2, -0.15) is 0 Å². The molecule has 4 bridgehead atoms. The maximum atomic E-state index is 12.9. The Morgan fingerprint density at radius 1 is 1.03 bits per heavy atom. The molecule has 1 aromatic carbocycles. The minimum absolute atomic E-state index is 0.147. The van der Waals surface area contributed by atoms with Gasteiger partial charge in [-0.05, 0) is 92.2 Å². The molecule has 0 spiro atoms. The van der Waals surface area contributed by atoms with Crippen molar-refractivity contribution in [2.45, 2.75) is 38.1 Å². The van der Waals surface area contributed by atoms with E-state index in [4.69, 9.17) is 13.9 Å². The lowest BCUT2D eigenvalue weighted by Crippen LogP contribution is -2.55. The van der Waals surface area contributed by atoms with E-state index in [2.05, 4.69) is 17.9 Å². The quantitative estimate of drug-likeness (QED) is 0.357. The highest BCUT2D eigenvalue weighted by molar-refractivity contribution is 7.85. The molecule has 1 aromatic heterocycles. The molecule has 6 rings (SSSR count). The first-order valence-electron chi connectivity index (χ1n) is 11.5. The van der Waals surface area contributed by atoms with Gasteiger partial charge in [0.2, 0.25) is 0 Å². The third kappa shape index (κ3) is 4.31. The molecular formula is C26H29NO5S. The largest absolute Gasteiger partial charge is 0.496 e. The Kier molecular flexibility index (Phi) is 5.99. The zero-order valence-corrected chi connectivity index (χ0v) is 19.8. The van der Waals surface area contributed by atoms with Gasteiger partial charge in [0, 0.05) is 11.6 Å². The molecule has 0 unspecified atom stereocenters. The van der Waals surface area contributed by atoms with Crippen molar-refractivity contribution in [1.82, 2.24) is 5.32 Å². The minimum Gasteiger partial charge on any atom is -0.496 e. The third-order valence-corrected chi connectivity index (χ3v) is 7.88. The summed E-state index contributed by atoms with van der Waals surface area (Å²) in [6.07, 6.45) is 8.03. The second-order valence-corrected chi connectivity index (χ2v) is 10.1. The molecule has 4 saturated carbocycles. The highest BCUT2D eigenvalue weighted by Crippen LogP contribution is 2.53. The summed E-state index contributed by atoms with van der Waals surface area (Å²) in [5.41, 5.74) is 1.02. The van der Waals surface area contributed by atoms with E-state index >= 15 is 0 Å². The van der Waals surface area contributed by atoms with Crippen molar-refractivity contribution >= 4 is 30.6 Å². The Hall–Kier alpha value is -2.67. The molecule has 7 heteroatoms. The highest BCUT2D eigenvalue weighted by Gasteiger charge is 2.48. The van der Waals surface area contributed by atoms with Crippen molar-refractivity contribution in [2.24, 2.45) is 23.7 Å². The number of carbonyl (C=O) groups is 2. The number of esters is 1. The van der Waals surface area contributed by atoms with Crippen LogP contribution in [0.5, 0.6) is 5.75 Å². The van der Waals surface area contributed by atoms with E-state index in [-0.39, 0.29) is 11.9 Å². The van der Waals surface area contributed by atoms with Crippen LogP contribution in [0.1, 0.15) is 48.2 Å². The summed E-state index contributed by atoms with van der Waals surface area (Å²) in [4.78, 5) is 25.3. The Labute approximate surface area is 199 Å². The standard InChI is InChI=1S/C26H29NO5S/c1-30-22-5-3-16(12-20(22)26(29)31-2)21-6-4-19(32-21)13-23(33)25(28)27-24-17-8-14-7-15(10-17)11-18(24)9-14/h3-6,12-15,17-18,24,33H,7-11H2,1-2H3,(H,27,28)/b23-13-. The lowest BCUT2D eigenvalue weighted by atomic mass is 9.54. The molecule has 0 radical (unpaired) electrons. The first kappa shape index (κ1) is 22.1. The van der Waals surface area contributed by atoms with E-state index in [0.717, 1.165) is 11.8 Å². The molecule has 174 valence electrons. The Morgan fingerprint density at radius 3 is 2.36 bits per heavy atom. The van der Waals surface area contributed by atoms with Gasteiger partial charge in [-0.15, -0.1) is 12.6 Å². The summed E-state index contributed by atoms with van der Waals surface area (Å²) in [6, 6.07) is 9.01. The van der Waals surface area contributed by atoms with Gasteiger partial charge in [0.15, 0.2) is 0 Å². The van der Waals surface area contributed by atoms with Crippen LogP contribution in [0.3, 0.4) is 0 Å². The fourth-order valence-corrected chi connectivity index (χ4v) is 6.49. The van der Waals surface area contributed by atoms with Crippen molar-refractivity contribution in [2.75, 3.05) is 14.2 Å². The number of thiol groups is 1. The summed E-state index contributed by atoms with van der Waals surface area (Å²) in [6.45, 7) is 0. The van der Waals surface area contributed by atoms with Crippen LogP contribution in [-0.2, 0) is 9.53 Å². The summed E-state index contributed by atoms with van der Waals surface area (Å²) in [5, 5.41) is 3.27. The maximum Gasteiger partial charge on any atom is 0.341 e. The average molecular weight is 468 g/mol. The van der Waals surface area contributed by atoms with Gasteiger partial charge in [0.1, 0.15) is 22.8 Å². The minimum atomic E-state index is -0.487. The van der Waals surface area contributed by atoms with Crippen molar-refractivity contribution in [3.63, 3.8) is 0 Å². The van der Waals surface area contributed by atoms with Gasteiger partial charge in [-0.25, -0.2) is 4.79 Å². The molecule has 33 heavy (non-hydrogen) atoms. The van der Waals surface area contributed by atoms with E-state index < -0.39 is 5.97 Å². The second kappa shape index (κ2) is 8.93. The zero-order chi connectivity index (χ0) is 23.1. The molecule has 4 aliphatic carbocycles. The van der Waals surface area contributed by atoms with Crippen LogP contribution >= 0.6 is 12.6 Å². The zero-order valence-electron chi connectivity index (χ0n) is 18.9. The molecular weight excluding hydrogens is 438 g/mol. The Balaban J connectivity index is 1.29. The molecule has 1 amide bonds. The van der Waals surface area contributed by atoms with E-state index in [9.17, 15) is 9.59 Å². The Morgan fingerprint density at radius 2 is 1.73 bits per heavy atom. The lowest BCUT2D eigenvalue weighted by Gasteiger charge is -2.54. The van der Waals surface area contributed by atoms with Gasteiger partial charge < -0.3 is 19.2 Å². The van der Waals surface area contributed by atoms with Crippen molar-refractivity contribution in [3.05, 3.63) is 46.6 Å². The topological polar surface area (TPSA) is 77.8 Å². The van der Waals surface area contributed by atoms with Crippen molar-refractivity contribution in [3.8, 4) is 17.1 Å². The highest BCUT2D eigenvalue weighted by atomic mass is 32.1.